The van der Waals surface area contributed by atoms with Crippen molar-refractivity contribution in [2.45, 2.75) is 6.23 Å². The number of carbonyl (C=O) groups excluding carboxylic acids is 1. The van der Waals surface area contributed by atoms with Crippen LogP contribution in [-0.4, -0.2) is 16.9 Å². The molecule has 0 aliphatic carbocycles. The first-order chi connectivity index (χ1) is 9.65. The number of benzene rings is 2. The fourth-order valence-electron chi connectivity index (χ4n) is 2.03. The Morgan fingerprint density at radius 1 is 1.20 bits per heavy atom. The molecule has 2 aromatic carbocycles. The molecule has 0 amide bonds. The second kappa shape index (κ2) is 4.65. The van der Waals surface area contributed by atoms with E-state index in [1.807, 2.05) is 6.07 Å². The van der Waals surface area contributed by atoms with E-state index in [-0.39, 0.29) is 17.0 Å². The monoisotopic (exact) mass is 270 g/mol. The summed E-state index contributed by atoms with van der Waals surface area (Å²) < 4.78 is 5.49. The van der Waals surface area contributed by atoms with Gasteiger partial charge >= 0.3 is 0 Å². The van der Waals surface area contributed by atoms with E-state index in [2.05, 4.69) is 5.32 Å². The Bertz CT molecular complexity index is 674. The first-order valence-electron chi connectivity index (χ1n) is 5.96. The molecule has 0 saturated heterocycles. The fourth-order valence-corrected chi connectivity index (χ4v) is 2.03. The second-order valence-corrected chi connectivity index (χ2v) is 4.31. The van der Waals surface area contributed by atoms with Gasteiger partial charge in [0.25, 0.3) is 5.69 Å². The summed E-state index contributed by atoms with van der Waals surface area (Å²) in [4.78, 5) is 22.5. The molecule has 1 aliphatic heterocycles. The van der Waals surface area contributed by atoms with E-state index in [0.717, 1.165) is 5.69 Å². The molecular weight excluding hydrogens is 260 g/mol. The lowest BCUT2D eigenvalue weighted by molar-refractivity contribution is -0.384. The first kappa shape index (κ1) is 12.2. The third-order valence-corrected chi connectivity index (χ3v) is 3.00. The Kier molecular flexibility index (Phi) is 2.83. The molecule has 6 heteroatoms. The maximum atomic E-state index is 12.3. The maximum absolute atomic E-state index is 12.3. The zero-order chi connectivity index (χ0) is 14.1. The smallest absolute Gasteiger partial charge is 0.270 e. The van der Waals surface area contributed by atoms with Crippen LogP contribution in [0.2, 0.25) is 0 Å². The van der Waals surface area contributed by atoms with Crippen molar-refractivity contribution in [3.8, 4) is 5.75 Å². The average molecular weight is 270 g/mol. The summed E-state index contributed by atoms with van der Waals surface area (Å²) in [5, 5.41) is 13.7. The Labute approximate surface area is 114 Å². The Balaban J connectivity index is 1.85. The fraction of sp³-hybridized carbons (Fsp3) is 0.0714. The molecule has 0 fully saturated rings. The van der Waals surface area contributed by atoms with Crippen molar-refractivity contribution in [1.29, 1.82) is 0 Å². The minimum Gasteiger partial charge on any atom is -0.461 e. The molecule has 1 N–H and O–H groups in total. The molecule has 100 valence electrons. The predicted octanol–water partition coefficient (Wildman–Crippen LogP) is 2.61. The number of nitro groups is 1. The molecule has 0 saturated carbocycles. The van der Waals surface area contributed by atoms with Crippen LogP contribution < -0.4 is 10.1 Å². The van der Waals surface area contributed by atoms with Crippen LogP contribution in [0.15, 0.2) is 48.5 Å². The number of fused-ring (bicyclic) bond motifs is 1. The number of hydrogen-bond donors (Lipinski definition) is 1. The van der Waals surface area contributed by atoms with Gasteiger partial charge < -0.3 is 10.1 Å². The van der Waals surface area contributed by atoms with Gasteiger partial charge in [-0.25, -0.2) is 0 Å². The number of hydrogen-bond acceptors (Lipinski definition) is 5. The van der Waals surface area contributed by atoms with Crippen LogP contribution in [0, 0.1) is 10.1 Å². The molecule has 6 nitrogen and oxygen atoms in total. The average Bonchev–Trinajstić information content (AvgIpc) is 2.90. The molecule has 3 rings (SSSR count). The lowest BCUT2D eigenvalue weighted by Gasteiger charge is -2.09. The van der Waals surface area contributed by atoms with Crippen molar-refractivity contribution in [1.82, 2.24) is 0 Å². The highest BCUT2D eigenvalue weighted by Crippen LogP contribution is 2.32. The first-order valence-corrected chi connectivity index (χ1v) is 5.96. The minimum absolute atomic E-state index is 0.119. The van der Waals surface area contributed by atoms with E-state index in [4.69, 9.17) is 4.74 Å². The van der Waals surface area contributed by atoms with Crippen molar-refractivity contribution in [3.05, 3.63) is 64.2 Å². The molecule has 0 radical (unpaired) electrons. The van der Waals surface area contributed by atoms with Crippen molar-refractivity contribution in [2.24, 2.45) is 0 Å². The van der Waals surface area contributed by atoms with Crippen LogP contribution in [-0.2, 0) is 0 Å². The predicted molar refractivity (Wildman–Crippen MR) is 71.9 cm³/mol. The summed E-state index contributed by atoms with van der Waals surface area (Å²) in [7, 11) is 0. The Hall–Kier alpha value is -2.89. The number of para-hydroxylation sites is 2. The summed E-state index contributed by atoms with van der Waals surface area (Å²) in [6.07, 6.45) is -0.852. The van der Waals surface area contributed by atoms with E-state index in [1.165, 1.54) is 24.3 Å². The third kappa shape index (κ3) is 2.07. The number of rotatable bonds is 3. The van der Waals surface area contributed by atoms with Gasteiger partial charge in [0.2, 0.25) is 12.0 Å². The van der Waals surface area contributed by atoms with Gasteiger partial charge in [0, 0.05) is 17.7 Å². The number of carbonyl (C=O) groups is 1. The number of ether oxygens (including phenoxy) is 1. The molecule has 2 aromatic rings. The van der Waals surface area contributed by atoms with Gasteiger partial charge in [0.05, 0.1) is 10.6 Å². The molecule has 0 aromatic heterocycles. The normalized spacial score (nSPS) is 15.9. The van der Waals surface area contributed by atoms with Gasteiger partial charge in [-0.3, -0.25) is 14.9 Å². The standard InChI is InChI=1S/C14H10N2O4/c17-13(9-4-3-5-10(8-9)16(18)19)14-15-11-6-1-2-7-12(11)20-14/h1-8,14-15H. The third-order valence-electron chi connectivity index (χ3n) is 3.00. The molecule has 0 bridgehead atoms. The molecule has 0 spiro atoms. The van der Waals surface area contributed by atoms with Crippen molar-refractivity contribution in [2.75, 3.05) is 5.32 Å². The minimum atomic E-state index is -0.852. The van der Waals surface area contributed by atoms with Crippen LogP contribution in [0.4, 0.5) is 11.4 Å². The van der Waals surface area contributed by atoms with Gasteiger partial charge in [-0.15, -0.1) is 0 Å². The lowest BCUT2D eigenvalue weighted by atomic mass is 10.1. The second-order valence-electron chi connectivity index (χ2n) is 4.31. The number of ketones is 1. The van der Waals surface area contributed by atoms with Crippen LogP contribution in [0.1, 0.15) is 10.4 Å². The van der Waals surface area contributed by atoms with Gasteiger partial charge in [-0.1, -0.05) is 24.3 Å². The Morgan fingerprint density at radius 2 is 2.00 bits per heavy atom. The molecule has 1 unspecified atom stereocenters. The van der Waals surface area contributed by atoms with E-state index in [9.17, 15) is 14.9 Å². The van der Waals surface area contributed by atoms with Crippen molar-refractivity contribution < 1.29 is 14.5 Å². The summed E-state index contributed by atoms with van der Waals surface area (Å²) in [5.74, 6) is 0.251. The number of nitrogens with zero attached hydrogens (tertiary/aromatic N) is 1. The Morgan fingerprint density at radius 3 is 2.75 bits per heavy atom. The number of non-ortho nitro benzene ring substituents is 1. The number of nitro benzene ring substituents is 1. The number of nitrogens with one attached hydrogen (secondary N) is 1. The van der Waals surface area contributed by atoms with E-state index in [0.29, 0.717) is 5.75 Å². The van der Waals surface area contributed by atoms with Crippen molar-refractivity contribution >= 4 is 17.2 Å². The molecule has 20 heavy (non-hydrogen) atoms. The van der Waals surface area contributed by atoms with E-state index < -0.39 is 11.2 Å². The van der Waals surface area contributed by atoms with Crippen LogP contribution in [0.5, 0.6) is 5.75 Å². The summed E-state index contributed by atoms with van der Waals surface area (Å²) in [5.41, 5.74) is 0.854. The van der Waals surface area contributed by atoms with Gasteiger partial charge in [0.1, 0.15) is 5.75 Å². The SMILES string of the molecule is O=C(c1cccc([N+](=O)[O-])c1)C1Nc2ccccc2O1. The topological polar surface area (TPSA) is 81.5 Å². The molecule has 1 atom stereocenters. The highest BCUT2D eigenvalue weighted by atomic mass is 16.6. The van der Waals surface area contributed by atoms with E-state index >= 15 is 0 Å². The highest BCUT2D eigenvalue weighted by Gasteiger charge is 2.29. The molecule has 1 aliphatic rings. The maximum Gasteiger partial charge on any atom is 0.270 e. The number of Topliss-reactive ketones (excluding diaryl/α,β-unsaturated/α-hetero) is 1. The molecule has 1 heterocycles. The van der Waals surface area contributed by atoms with Gasteiger partial charge in [-0.05, 0) is 12.1 Å². The molecular formula is C14H10N2O4. The summed E-state index contributed by atoms with van der Waals surface area (Å²) in [6, 6.07) is 12.8. The van der Waals surface area contributed by atoms with Crippen LogP contribution in [0.3, 0.4) is 0 Å². The van der Waals surface area contributed by atoms with Crippen LogP contribution in [0.25, 0.3) is 0 Å². The highest BCUT2D eigenvalue weighted by molar-refractivity contribution is 6.02. The zero-order valence-electron chi connectivity index (χ0n) is 10.3. The quantitative estimate of drug-likeness (QED) is 0.526. The van der Waals surface area contributed by atoms with Gasteiger partial charge in [-0.2, -0.15) is 0 Å². The lowest BCUT2D eigenvalue weighted by Crippen LogP contribution is -2.30. The largest absolute Gasteiger partial charge is 0.461 e. The van der Waals surface area contributed by atoms with E-state index in [1.54, 1.807) is 18.2 Å². The van der Waals surface area contributed by atoms with Crippen molar-refractivity contribution in [3.63, 3.8) is 0 Å². The zero-order valence-corrected chi connectivity index (χ0v) is 10.3. The number of anilines is 1. The summed E-state index contributed by atoms with van der Waals surface area (Å²) in [6.45, 7) is 0. The van der Waals surface area contributed by atoms with Gasteiger partial charge in [0.15, 0.2) is 0 Å². The van der Waals surface area contributed by atoms with Crippen LogP contribution >= 0.6 is 0 Å². The summed E-state index contributed by atoms with van der Waals surface area (Å²) >= 11 is 0.